The fourth-order valence-electron chi connectivity index (χ4n) is 1.46. The number of amides is 1. The second-order valence-electron chi connectivity index (χ2n) is 4.21. The molecule has 0 heterocycles. The standard InChI is InChI=1S/C11H17NO3/c1-4-7(2)9(13)12-11(3,10(14)15)8-5-6-8/h4,8H,5-6H2,1-3H3,(H,12,13)(H,14,15)/b7-4-. The molecular weight excluding hydrogens is 194 g/mol. The minimum Gasteiger partial charge on any atom is -0.480 e. The highest BCUT2D eigenvalue weighted by Gasteiger charge is 2.48. The highest BCUT2D eigenvalue weighted by Crippen LogP contribution is 2.39. The van der Waals surface area contributed by atoms with Crippen molar-refractivity contribution < 1.29 is 14.7 Å². The molecule has 0 aromatic carbocycles. The molecule has 0 aromatic heterocycles. The number of carboxylic acid groups (broad SMARTS) is 1. The molecule has 4 heteroatoms. The van der Waals surface area contributed by atoms with E-state index in [0.29, 0.717) is 5.57 Å². The lowest BCUT2D eigenvalue weighted by molar-refractivity contribution is -0.147. The summed E-state index contributed by atoms with van der Waals surface area (Å²) in [5.41, 5.74) is -0.565. The predicted molar refractivity (Wildman–Crippen MR) is 56.3 cm³/mol. The Morgan fingerprint density at radius 2 is 2.00 bits per heavy atom. The van der Waals surface area contributed by atoms with Crippen LogP contribution in [0.1, 0.15) is 33.6 Å². The Balaban J connectivity index is 2.76. The Labute approximate surface area is 89.4 Å². The zero-order valence-corrected chi connectivity index (χ0v) is 9.33. The second kappa shape index (κ2) is 4.04. The van der Waals surface area contributed by atoms with Crippen LogP contribution in [-0.2, 0) is 9.59 Å². The number of nitrogens with one attached hydrogen (secondary N) is 1. The van der Waals surface area contributed by atoms with E-state index in [1.807, 2.05) is 0 Å². The zero-order chi connectivity index (χ0) is 11.6. The lowest BCUT2D eigenvalue weighted by Crippen LogP contribution is -2.54. The Hall–Kier alpha value is -1.32. The van der Waals surface area contributed by atoms with E-state index in [1.54, 1.807) is 26.8 Å². The summed E-state index contributed by atoms with van der Waals surface area (Å²) in [6.45, 7) is 5.00. The molecule has 1 fully saturated rings. The van der Waals surface area contributed by atoms with Crippen LogP contribution in [0, 0.1) is 5.92 Å². The maximum atomic E-state index is 11.6. The molecule has 0 saturated heterocycles. The lowest BCUT2D eigenvalue weighted by Gasteiger charge is -2.26. The van der Waals surface area contributed by atoms with Crippen molar-refractivity contribution in [2.24, 2.45) is 5.92 Å². The summed E-state index contributed by atoms with van der Waals surface area (Å²) in [7, 11) is 0. The number of hydrogen-bond acceptors (Lipinski definition) is 2. The first-order valence-corrected chi connectivity index (χ1v) is 5.10. The maximum Gasteiger partial charge on any atom is 0.329 e. The Kier molecular flexibility index (Phi) is 3.17. The van der Waals surface area contributed by atoms with Crippen molar-refractivity contribution in [3.05, 3.63) is 11.6 Å². The molecule has 1 unspecified atom stereocenters. The molecule has 0 spiro atoms. The molecule has 1 saturated carbocycles. The quantitative estimate of drug-likeness (QED) is 0.689. The Bertz CT molecular complexity index is 318. The van der Waals surface area contributed by atoms with Crippen molar-refractivity contribution in [2.45, 2.75) is 39.2 Å². The van der Waals surface area contributed by atoms with E-state index in [0.717, 1.165) is 12.8 Å². The number of carbonyl (C=O) groups excluding carboxylic acids is 1. The van der Waals surface area contributed by atoms with Gasteiger partial charge in [-0.15, -0.1) is 0 Å². The van der Waals surface area contributed by atoms with Gasteiger partial charge in [-0.3, -0.25) is 4.79 Å². The van der Waals surface area contributed by atoms with Crippen molar-refractivity contribution in [2.75, 3.05) is 0 Å². The molecule has 1 rings (SSSR count). The zero-order valence-electron chi connectivity index (χ0n) is 9.33. The summed E-state index contributed by atoms with van der Waals surface area (Å²) in [5.74, 6) is -1.18. The third kappa shape index (κ3) is 2.37. The topological polar surface area (TPSA) is 66.4 Å². The lowest BCUT2D eigenvalue weighted by atomic mass is 9.95. The predicted octanol–water partition coefficient (Wildman–Crippen LogP) is 1.32. The van der Waals surface area contributed by atoms with Crippen LogP contribution >= 0.6 is 0 Å². The van der Waals surface area contributed by atoms with E-state index >= 15 is 0 Å². The number of allylic oxidation sites excluding steroid dienone is 1. The molecule has 0 radical (unpaired) electrons. The molecule has 0 aromatic rings. The monoisotopic (exact) mass is 211 g/mol. The molecule has 1 atom stereocenters. The van der Waals surface area contributed by atoms with Gasteiger partial charge >= 0.3 is 5.97 Å². The molecule has 0 aliphatic heterocycles. The van der Waals surface area contributed by atoms with Gasteiger partial charge in [0.2, 0.25) is 5.91 Å². The van der Waals surface area contributed by atoms with E-state index in [2.05, 4.69) is 5.32 Å². The second-order valence-corrected chi connectivity index (χ2v) is 4.21. The van der Waals surface area contributed by atoms with Crippen molar-refractivity contribution >= 4 is 11.9 Å². The van der Waals surface area contributed by atoms with Crippen LogP contribution < -0.4 is 5.32 Å². The minimum absolute atomic E-state index is 0.0728. The molecule has 4 nitrogen and oxygen atoms in total. The summed E-state index contributed by atoms with van der Waals surface area (Å²) < 4.78 is 0. The third-order valence-corrected chi connectivity index (χ3v) is 3.00. The number of carboxylic acids is 1. The summed E-state index contributed by atoms with van der Waals surface area (Å²) in [5, 5.41) is 11.7. The largest absolute Gasteiger partial charge is 0.480 e. The van der Waals surface area contributed by atoms with Crippen LogP contribution in [0.5, 0.6) is 0 Å². The first-order chi connectivity index (χ1) is 6.91. The van der Waals surface area contributed by atoms with Gasteiger partial charge in [0.15, 0.2) is 0 Å². The minimum atomic E-state index is -1.11. The van der Waals surface area contributed by atoms with Crippen LogP contribution in [0.15, 0.2) is 11.6 Å². The van der Waals surface area contributed by atoms with E-state index < -0.39 is 11.5 Å². The smallest absolute Gasteiger partial charge is 0.329 e. The van der Waals surface area contributed by atoms with Gasteiger partial charge in [0.25, 0.3) is 0 Å². The van der Waals surface area contributed by atoms with Crippen LogP contribution in [0.4, 0.5) is 0 Å². The van der Waals surface area contributed by atoms with Crippen molar-refractivity contribution in [1.29, 1.82) is 0 Å². The van der Waals surface area contributed by atoms with Gasteiger partial charge in [-0.05, 0) is 39.5 Å². The van der Waals surface area contributed by atoms with Crippen LogP contribution in [-0.4, -0.2) is 22.5 Å². The number of carbonyl (C=O) groups is 2. The molecule has 1 aliphatic rings. The van der Waals surface area contributed by atoms with E-state index in [1.165, 1.54) is 0 Å². The van der Waals surface area contributed by atoms with Crippen molar-refractivity contribution in [3.63, 3.8) is 0 Å². The molecule has 0 bridgehead atoms. The average molecular weight is 211 g/mol. The van der Waals surface area contributed by atoms with Crippen LogP contribution in [0.25, 0.3) is 0 Å². The SMILES string of the molecule is C/C=C(/C)C(=O)NC(C)(C(=O)O)C1CC1. The molecule has 15 heavy (non-hydrogen) atoms. The van der Waals surface area contributed by atoms with Gasteiger partial charge in [-0.25, -0.2) is 4.79 Å². The van der Waals surface area contributed by atoms with E-state index in [4.69, 9.17) is 5.11 Å². The summed E-state index contributed by atoms with van der Waals surface area (Å²) in [4.78, 5) is 22.7. The number of aliphatic carboxylic acids is 1. The number of rotatable bonds is 4. The highest BCUT2D eigenvalue weighted by molar-refractivity contribution is 5.96. The molecule has 84 valence electrons. The van der Waals surface area contributed by atoms with Gasteiger partial charge in [-0.2, -0.15) is 0 Å². The molecule has 1 amide bonds. The van der Waals surface area contributed by atoms with Gasteiger partial charge in [0.1, 0.15) is 5.54 Å². The molecular formula is C11H17NO3. The summed E-state index contributed by atoms with van der Waals surface area (Å²) >= 11 is 0. The van der Waals surface area contributed by atoms with Crippen molar-refractivity contribution in [3.8, 4) is 0 Å². The van der Waals surface area contributed by atoms with Gasteiger partial charge in [0.05, 0.1) is 0 Å². The van der Waals surface area contributed by atoms with Crippen LogP contribution in [0.3, 0.4) is 0 Å². The average Bonchev–Trinajstić information content (AvgIpc) is 2.99. The number of hydrogen-bond donors (Lipinski definition) is 2. The molecule has 1 aliphatic carbocycles. The summed E-state index contributed by atoms with van der Waals surface area (Å²) in [6.07, 6.45) is 3.42. The molecule has 2 N–H and O–H groups in total. The summed E-state index contributed by atoms with van der Waals surface area (Å²) in [6, 6.07) is 0. The van der Waals surface area contributed by atoms with Gasteiger partial charge in [-0.1, -0.05) is 6.08 Å². The maximum absolute atomic E-state index is 11.6. The van der Waals surface area contributed by atoms with E-state index in [-0.39, 0.29) is 11.8 Å². The third-order valence-electron chi connectivity index (χ3n) is 3.00. The fourth-order valence-corrected chi connectivity index (χ4v) is 1.46. The van der Waals surface area contributed by atoms with Crippen molar-refractivity contribution in [1.82, 2.24) is 5.32 Å². The first-order valence-electron chi connectivity index (χ1n) is 5.10. The van der Waals surface area contributed by atoms with Crippen LogP contribution in [0.2, 0.25) is 0 Å². The van der Waals surface area contributed by atoms with Gasteiger partial charge < -0.3 is 10.4 Å². The normalized spacial score (nSPS) is 20.6. The fraction of sp³-hybridized carbons (Fsp3) is 0.636. The van der Waals surface area contributed by atoms with E-state index in [9.17, 15) is 9.59 Å². The Morgan fingerprint density at radius 1 is 1.47 bits per heavy atom. The highest BCUT2D eigenvalue weighted by atomic mass is 16.4. The first kappa shape index (κ1) is 11.8. The Morgan fingerprint density at radius 3 is 2.33 bits per heavy atom. The van der Waals surface area contributed by atoms with Gasteiger partial charge in [0, 0.05) is 5.57 Å².